The molecule has 5 rings (SSSR count). The number of anilines is 2. The maximum Gasteiger partial charge on any atom is 0.246 e. The summed E-state index contributed by atoms with van der Waals surface area (Å²) in [6.45, 7) is 11.0. The quantitative estimate of drug-likeness (QED) is 0.654. The Balaban J connectivity index is 1.61. The first-order chi connectivity index (χ1) is 16.4. The van der Waals surface area contributed by atoms with E-state index in [1.54, 1.807) is 32.1 Å². The molecule has 2 aromatic rings. The van der Waals surface area contributed by atoms with E-state index in [1.165, 1.54) is 4.90 Å². The Kier molecular flexibility index (Phi) is 5.00. The molecule has 3 aliphatic rings. The van der Waals surface area contributed by atoms with E-state index in [4.69, 9.17) is 9.26 Å². The van der Waals surface area contributed by atoms with Gasteiger partial charge in [-0.05, 0) is 53.2 Å². The molecule has 184 valence electrons. The molecule has 2 bridgehead atoms. The van der Waals surface area contributed by atoms with Gasteiger partial charge < -0.3 is 19.9 Å². The normalized spacial score (nSPS) is 31.1. The zero-order chi connectivity index (χ0) is 25.3. The van der Waals surface area contributed by atoms with Crippen LogP contribution in [0.3, 0.4) is 0 Å². The van der Waals surface area contributed by atoms with Crippen LogP contribution in [0.15, 0.2) is 47.0 Å². The number of ether oxygens (including phenoxy) is 1. The van der Waals surface area contributed by atoms with Crippen LogP contribution in [0, 0.1) is 25.7 Å². The van der Waals surface area contributed by atoms with Gasteiger partial charge in [0.15, 0.2) is 5.82 Å². The maximum atomic E-state index is 14.1. The molecule has 1 spiro atoms. The lowest BCUT2D eigenvalue weighted by molar-refractivity contribution is -0.131. The van der Waals surface area contributed by atoms with E-state index >= 15 is 0 Å². The van der Waals surface area contributed by atoms with Crippen LogP contribution in [0.4, 0.5) is 11.5 Å². The van der Waals surface area contributed by atoms with E-state index in [1.807, 2.05) is 52.0 Å². The molecule has 0 radical (unpaired) electrons. The van der Waals surface area contributed by atoms with Crippen molar-refractivity contribution in [3.8, 4) is 0 Å². The Labute approximate surface area is 203 Å². The molecule has 1 aromatic carbocycles. The number of aryl methyl sites for hydroxylation is 2. The molecule has 0 unspecified atom stereocenters. The summed E-state index contributed by atoms with van der Waals surface area (Å²) in [5.74, 6) is -2.01. The van der Waals surface area contributed by atoms with Gasteiger partial charge in [-0.15, -0.1) is 0 Å². The second-order valence-electron chi connectivity index (χ2n) is 10.9. The number of nitrogens with one attached hydrogen (secondary N) is 2. The summed E-state index contributed by atoms with van der Waals surface area (Å²) < 4.78 is 11.6. The number of fused-ring (bicyclic) bond motifs is 1. The highest BCUT2D eigenvalue weighted by atomic mass is 16.5. The lowest BCUT2D eigenvalue weighted by Crippen LogP contribution is -2.58. The summed E-state index contributed by atoms with van der Waals surface area (Å²) in [6, 6.07) is 8.03. The van der Waals surface area contributed by atoms with E-state index in [0.717, 1.165) is 5.56 Å². The Morgan fingerprint density at radius 2 is 1.83 bits per heavy atom. The number of nitrogens with zero attached hydrogens (tertiary/aromatic N) is 2. The average Bonchev–Trinajstić information content (AvgIpc) is 3.44. The van der Waals surface area contributed by atoms with Crippen molar-refractivity contribution in [3.63, 3.8) is 0 Å². The van der Waals surface area contributed by atoms with Crippen LogP contribution < -0.4 is 15.5 Å². The van der Waals surface area contributed by atoms with Crippen LogP contribution in [0.1, 0.15) is 39.0 Å². The molecule has 9 nitrogen and oxygen atoms in total. The topological polar surface area (TPSA) is 114 Å². The van der Waals surface area contributed by atoms with Crippen LogP contribution in [-0.2, 0) is 19.1 Å². The number of hydrogen-bond acceptors (Lipinski definition) is 6. The van der Waals surface area contributed by atoms with Crippen LogP contribution in [-0.4, -0.2) is 45.7 Å². The van der Waals surface area contributed by atoms with Crippen molar-refractivity contribution in [2.45, 2.75) is 64.3 Å². The molecular formula is C26H30N4O5. The maximum absolute atomic E-state index is 14.1. The second kappa shape index (κ2) is 7.52. The van der Waals surface area contributed by atoms with Crippen molar-refractivity contribution in [1.29, 1.82) is 0 Å². The smallest absolute Gasteiger partial charge is 0.246 e. The molecule has 2 saturated heterocycles. The summed E-state index contributed by atoms with van der Waals surface area (Å²) in [5, 5.41) is 9.63. The van der Waals surface area contributed by atoms with Crippen molar-refractivity contribution in [1.82, 2.24) is 10.5 Å². The minimum atomic E-state index is -1.29. The molecule has 0 aliphatic carbocycles. The van der Waals surface area contributed by atoms with Gasteiger partial charge in [-0.3, -0.25) is 19.3 Å². The monoisotopic (exact) mass is 478 g/mol. The first kappa shape index (κ1) is 23.3. The van der Waals surface area contributed by atoms with E-state index in [0.29, 0.717) is 11.4 Å². The highest BCUT2D eigenvalue weighted by Gasteiger charge is 2.76. The Morgan fingerprint density at radius 3 is 2.46 bits per heavy atom. The lowest BCUT2D eigenvalue weighted by Gasteiger charge is -2.35. The van der Waals surface area contributed by atoms with Gasteiger partial charge in [-0.1, -0.05) is 35.5 Å². The number of carbonyl (C=O) groups is 3. The zero-order valence-electron chi connectivity index (χ0n) is 20.7. The average molecular weight is 479 g/mol. The molecule has 2 N–H and O–H groups in total. The van der Waals surface area contributed by atoms with Gasteiger partial charge in [0.1, 0.15) is 17.4 Å². The van der Waals surface area contributed by atoms with E-state index in [9.17, 15) is 14.4 Å². The predicted octanol–water partition coefficient (Wildman–Crippen LogP) is 2.89. The summed E-state index contributed by atoms with van der Waals surface area (Å²) >= 11 is 0. The first-order valence-corrected chi connectivity index (χ1v) is 11.7. The van der Waals surface area contributed by atoms with Crippen molar-refractivity contribution >= 4 is 29.2 Å². The fourth-order valence-corrected chi connectivity index (χ4v) is 5.69. The third-order valence-electron chi connectivity index (χ3n) is 6.98. The minimum Gasteiger partial charge on any atom is -0.360 e. The van der Waals surface area contributed by atoms with E-state index in [-0.39, 0.29) is 17.6 Å². The SMILES string of the molecule is Cc1cc(NC(=O)[C@@H]2[C@@H]3C(=O)N(c4ccccc4C)[C@@H](C(=O)NC(C)(C)C)[C@]34C=C[C@@]2(C)O4)no1. The zero-order valence-corrected chi connectivity index (χ0v) is 20.7. The number of para-hydroxylation sites is 1. The van der Waals surface area contributed by atoms with Gasteiger partial charge in [0, 0.05) is 17.3 Å². The molecule has 0 saturated carbocycles. The highest BCUT2D eigenvalue weighted by Crippen LogP contribution is 2.60. The summed E-state index contributed by atoms with van der Waals surface area (Å²) in [7, 11) is 0. The standard InChI is InChI=1S/C26H30N4O5/c1-14-9-7-8-10-16(14)30-20(22(32)28-24(3,4)5)26-12-11-25(6,35-26)18(19(26)23(30)33)21(31)27-17-13-15(2)34-29-17/h7-13,18-20H,1-6H3,(H,28,32)(H,27,29,31)/t18-,19+,20-,25+,26-/m0/s1. The Morgan fingerprint density at radius 1 is 1.11 bits per heavy atom. The number of amides is 3. The number of benzene rings is 1. The van der Waals surface area contributed by atoms with Gasteiger partial charge in [-0.25, -0.2) is 0 Å². The summed E-state index contributed by atoms with van der Waals surface area (Å²) in [6.07, 6.45) is 3.60. The lowest BCUT2D eigenvalue weighted by atomic mass is 9.70. The van der Waals surface area contributed by atoms with Gasteiger partial charge in [0.05, 0.1) is 17.4 Å². The summed E-state index contributed by atoms with van der Waals surface area (Å²) in [4.78, 5) is 42.9. The first-order valence-electron chi connectivity index (χ1n) is 11.7. The largest absolute Gasteiger partial charge is 0.360 e. The second-order valence-corrected chi connectivity index (χ2v) is 10.9. The number of aromatic nitrogens is 1. The third-order valence-corrected chi connectivity index (χ3v) is 6.98. The fourth-order valence-electron chi connectivity index (χ4n) is 5.69. The predicted molar refractivity (Wildman–Crippen MR) is 129 cm³/mol. The molecule has 4 heterocycles. The van der Waals surface area contributed by atoms with Crippen molar-refractivity contribution in [2.24, 2.45) is 11.8 Å². The van der Waals surface area contributed by atoms with Crippen LogP contribution >= 0.6 is 0 Å². The van der Waals surface area contributed by atoms with Crippen LogP contribution in [0.5, 0.6) is 0 Å². The molecule has 1 aromatic heterocycles. The van der Waals surface area contributed by atoms with Crippen LogP contribution in [0.25, 0.3) is 0 Å². The summed E-state index contributed by atoms with van der Waals surface area (Å²) in [5.41, 5.74) is -1.41. The number of carbonyl (C=O) groups excluding carboxylic acids is 3. The van der Waals surface area contributed by atoms with Crippen molar-refractivity contribution in [2.75, 3.05) is 10.2 Å². The molecule has 3 aliphatic heterocycles. The van der Waals surface area contributed by atoms with Gasteiger partial charge >= 0.3 is 0 Å². The van der Waals surface area contributed by atoms with E-state index < -0.39 is 40.5 Å². The molecule has 9 heteroatoms. The van der Waals surface area contributed by atoms with Gasteiger partial charge in [-0.2, -0.15) is 0 Å². The fraction of sp³-hybridized carbons (Fsp3) is 0.462. The molecule has 35 heavy (non-hydrogen) atoms. The Hall–Kier alpha value is -3.46. The molecule has 5 atom stereocenters. The molecule has 3 amide bonds. The number of rotatable bonds is 4. The van der Waals surface area contributed by atoms with Crippen molar-refractivity contribution < 1.29 is 23.6 Å². The Bertz CT molecular complexity index is 1260. The minimum absolute atomic E-state index is 0.264. The van der Waals surface area contributed by atoms with Gasteiger partial charge in [0.25, 0.3) is 0 Å². The van der Waals surface area contributed by atoms with Gasteiger partial charge in [0.2, 0.25) is 17.7 Å². The van der Waals surface area contributed by atoms with E-state index in [2.05, 4.69) is 15.8 Å². The molecular weight excluding hydrogens is 448 g/mol. The molecule has 2 fully saturated rings. The van der Waals surface area contributed by atoms with Crippen LogP contribution in [0.2, 0.25) is 0 Å². The number of hydrogen-bond donors (Lipinski definition) is 2. The highest BCUT2D eigenvalue weighted by molar-refractivity contribution is 6.11. The van der Waals surface area contributed by atoms with Crippen molar-refractivity contribution in [3.05, 3.63) is 53.8 Å². The third kappa shape index (κ3) is 3.48.